The Morgan fingerprint density at radius 3 is 2.53 bits per heavy atom. The lowest BCUT2D eigenvalue weighted by Gasteiger charge is -2.14. The molecule has 0 aliphatic rings. The highest BCUT2D eigenvalue weighted by Crippen LogP contribution is 2.07. The molecule has 5 heteroatoms. The van der Waals surface area contributed by atoms with Crippen molar-refractivity contribution >= 4 is 11.8 Å². The number of nitrogens with one attached hydrogen (secondary N) is 1. The monoisotopic (exact) mass is 264 g/mol. The smallest absolute Gasteiger partial charge is 0.254 e. The van der Waals surface area contributed by atoms with Gasteiger partial charge in [0.15, 0.2) is 0 Å². The Bertz CT molecular complexity index is 508. The van der Waals surface area contributed by atoms with Crippen molar-refractivity contribution in [3.63, 3.8) is 0 Å². The second kappa shape index (κ2) is 6.68. The van der Waals surface area contributed by atoms with Crippen LogP contribution in [0, 0.1) is 5.82 Å². The number of hydrogen-bond acceptors (Lipinski definition) is 2. The van der Waals surface area contributed by atoms with E-state index in [4.69, 9.17) is 5.73 Å². The first-order valence-electron chi connectivity index (χ1n) is 5.90. The molecule has 0 bridgehead atoms. The molecule has 0 aromatic heterocycles. The number of amides is 2. The normalized spacial score (nSPS) is 11.5. The molecule has 1 aromatic rings. The Morgan fingerprint density at radius 2 is 2.00 bits per heavy atom. The second-order valence-electron chi connectivity index (χ2n) is 4.43. The molecule has 0 aliphatic heterocycles. The van der Waals surface area contributed by atoms with Gasteiger partial charge in [0.05, 0.1) is 5.56 Å². The quantitative estimate of drug-likeness (QED) is 0.795. The average molecular weight is 264 g/mol. The molecule has 0 heterocycles. The number of allylic oxidation sites excluding steroid dienone is 1. The summed E-state index contributed by atoms with van der Waals surface area (Å²) in [5, 5.41) is 2.43. The fourth-order valence-corrected chi connectivity index (χ4v) is 1.48. The predicted molar refractivity (Wildman–Crippen MR) is 70.9 cm³/mol. The van der Waals surface area contributed by atoms with Crippen molar-refractivity contribution in [3.8, 4) is 0 Å². The number of primary amides is 1. The second-order valence-corrected chi connectivity index (χ2v) is 4.43. The van der Waals surface area contributed by atoms with Crippen LogP contribution < -0.4 is 11.1 Å². The van der Waals surface area contributed by atoms with Gasteiger partial charge in [-0.25, -0.2) is 4.39 Å². The first kappa shape index (κ1) is 14.9. The minimum atomic E-state index is -0.845. The van der Waals surface area contributed by atoms with Crippen LogP contribution in [-0.4, -0.2) is 17.9 Å². The van der Waals surface area contributed by atoms with Gasteiger partial charge in [0.25, 0.3) is 5.91 Å². The minimum absolute atomic E-state index is 0.106. The highest BCUT2D eigenvalue weighted by molar-refractivity contribution is 5.97. The number of hydrogen-bond donors (Lipinski definition) is 2. The lowest BCUT2D eigenvalue weighted by Crippen LogP contribution is -2.44. The van der Waals surface area contributed by atoms with Crippen LogP contribution in [0.2, 0.25) is 0 Å². The molecular weight excluding hydrogens is 247 g/mol. The van der Waals surface area contributed by atoms with Gasteiger partial charge in [0.1, 0.15) is 11.9 Å². The molecular formula is C14H17FN2O2. The highest BCUT2D eigenvalue weighted by atomic mass is 19.1. The number of nitrogens with two attached hydrogens (primary N) is 1. The Hall–Kier alpha value is -2.17. The SMILES string of the molecule is CC(C)=CC[C@H](NC(=O)c1ccccc1F)C(N)=O. The summed E-state index contributed by atoms with van der Waals surface area (Å²) >= 11 is 0. The van der Waals surface area contributed by atoms with Crippen molar-refractivity contribution in [1.29, 1.82) is 0 Å². The van der Waals surface area contributed by atoms with Crippen molar-refractivity contribution in [1.82, 2.24) is 5.32 Å². The van der Waals surface area contributed by atoms with Gasteiger partial charge in [-0.05, 0) is 32.4 Å². The van der Waals surface area contributed by atoms with Crippen molar-refractivity contribution in [2.75, 3.05) is 0 Å². The predicted octanol–water partition coefficient (Wildman–Crippen LogP) is 1.77. The third-order valence-electron chi connectivity index (χ3n) is 2.53. The van der Waals surface area contributed by atoms with E-state index >= 15 is 0 Å². The average Bonchev–Trinajstić information content (AvgIpc) is 2.34. The van der Waals surface area contributed by atoms with Gasteiger partial charge < -0.3 is 11.1 Å². The van der Waals surface area contributed by atoms with Gasteiger partial charge in [-0.15, -0.1) is 0 Å². The molecule has 0 spiro atoms. The molecule has 1 aromatic carbocycles. The maximum absolute atomic E-state index is 13.4. The maximum atomic E-state index is 13.4. The fourth-order valence-electron chi connectivity index (χ4n) is 1.48. The van der Waals surface area contributed by atoms with E-state index in [1.54, 1.807) is 12.1 Å². The highest BCUT2D eigenvalue weighted by Gasteiger charge is 2.19. The molecule has 1 rings (SSSR count). The van der Waals surface area contributed by atoms with Crippen LogP contribution in [-0.2, 0) is 4.79 Å². The summed E-state index contributed by atoms with van der Waals surface area (Å²) in [6.45, 7) is 3.74. The Kier molecular flexibility index (Phi) is 5.23. The number of benzene rings is 1. The molecule has 1 atom stereocenters. The van der Waals surface area contributed by atoms with Crippen LogP contribution in [0.4, 0.5) is 4.39 Å². The van der Waals surface area contributed by atoms with E-state index in [0.717, 1.165) is 5.57 Å². The van der Waals surface area contributed by atoms with Gasteiger partial charge in [0, 0.05) is 0 Å². The maximum Gasteiger partial charge on any atom is 0.254 e. The Balaban J connectivity index is 2.80. The summed E-state index contributed by atoms with van der Waals surface area (Å²) < 4.78 is 13.4. The molecule has 0 unspecified atom stereocenters. The number of carbonyl (C=O) groups is 2. The molecule has 0 radical (unpaired) electrons. The van der Waals surface area contributed by atoms with E-state index in [-0.39, 0.29) is 12.0 Å². The third-order valence-corrected chi connectivity index (χ3v) is 2.53. The molecule has 2 amide bonds. The zero-order chi connectivity index (χ0) is 14.4. The molecule has 0 saturated heterocycles. The molecule has 0 fully saturated rings. The van der Waals surface area contributed by atoms with E-state index in [9.17, 15) is 14.0 Å². The van der Waals surface area contributed by atoms with Crippen LogP contribution in [0.5, 0.6) is 0 Å². The molecule has 0 aliphatic carbocycles. The molecule has 4 nitrogen and oxygen atoms in total. The summed E-state index contributed by atoms with van der Waals surface area (Å²) in [4.78, 5) is 23.1. The van der Waals surface area contributed by atoms with E-state index in [2.05, 4.69) is 5.32 Å². The van der Waals surface area contributed by atoms with Crippen molar-refractivity contribution in [2.45, 2.75) is 26.3 Å². The molecule has 3 N–H and O–H groups in total. The van der Waals surface area contributed by atoms with E-state index in [0.29, 0.717) is 0 Å². The summed E-state index contributed by atoms with van der Waals surface area (Å²) in [7, 11) is 0. The van der Waals surface area contributed by atoms with Crippen molar-refractivity contribution in [2.24, 2.45) is 5.73 Å². The van der Waals surface area contributed by atoms with Gasteiger partial charge >= 0.3 is 0 Å². The Labute approximate surface area is 111 Å². The minimum Gasteiger partial charge on any atom is -0.368 e. The van der Waals surface area contributed by atoms with Gasteiger partial charge in [-0.1, -0.05) is 23.8 Å². The summed E-state index contributed by atoms with van der Waals surface area (Å²) in [5.41, 5.74) is 6.11. The van der Waals surface area contributed by atoms with Crippen LogP contribution in [0.25, 0.3) is 0 Å². The lowest BCUT2D eigenvalue weighted by molar-refractivity contribution is -0.119. The van der Waals surface area contributed by atoms with Crippen LogP contribution >= 0.6 is 0 Å². The van der Waals surface area contributed by atoms with Crippen molar-refractivity contribution in [3.05, 3.63) is 47.3 Å². The first-order chi connectivity index (χ1) is 8.91. The number of carbonyl (C=O) groups excluding carboxylic acids is 2. The summed E-state index contributed by atoms with van der Waals surface area (Å²) in [6, 6.07) is 4.73. The lowest BCUT2D eigenvalue weighted by atomic mass is 10.1. The zero-order valence-corrected chi connectivity index (χ0v) is 10.9. The fraction of sp³-hybridized carbons (Fsp3) is 0.286. The molecule has 19 heavy (non-hydrogen) atoms. The van der Waals surface area contributed by atoms with E-state index in [1.807, 2.05) is 13.8 Å². The third kappa shape index (κ3) is 4.54. The van der Waals surface area contributed by atoms with Crippen LogP contribution in [0.1, 0.15) is 30.6 Å². The molecule has 0 saturated carbocycles. The van der Waals surface area contributed by atoms with Gasteiger partial charge in [0.2, 0.25) is 5.91 Å². The molecule has 102 valence electrons. The van der Waals surface area contributed by atoms with Crippen LogP contribution in [0.3, 0.4) is 0 Å². The standard InChI is InChI=1S/C14H17FN2O2/c1-9(2)7-8-12(13(16)18)17-14(19)10-5-3-4-6-11(10)15/h3-7,12H,8H2,1-2H3,(H2,16,18)(H,17,19)/t12-/m0/s1. The van der Waals surface area contributed by atoms with Crippen molar-refractivity contribution < 1.29 is 14.0 Å². The van der Waals surface area contributed by atoms with Gasteiger partial charge in [-0.2, -0.15) is 0 Å². The first-order valence-corrected chi connectivity index (χ1v) is 5.90. The Morgan fingerprint density at radius 1 is 1.37 bits per heavy atom. The topological polar surface area (TPSA) is 72.2 Å². The number of halogens is 1. The van der Waals surface area contributed by atoms with Crippen LogP contribution in [0.15, 0.2) is 35.9 Å². The largest absolute Gasteiger partial charge is 0.368 e. The zero-order valence-electron chi connectivity index (χ0n) is 10.9. The van der Waals surface area contributed by atoms with E-state index in [1.165, 1.54) is 18.2 Å². The van der Waals surface area contributed by atoms with Gasteiger partial charge in [-0.3, -0.25) is 9.59 Å². The number of rotatable bonds is 5. The van der Waals surface area contributed by atoms with E-state index < -0.39 is 23.7 Å². The summed E-state index contributed by atoms with van der Waals surface area (Å²) in [6.07, 6.45) is 2.08. The summed E-state index contributed by atoms with van der Waals surface area (Å²) in [5.74, 6) is -1.93.